The second-order valence-corrected chi connectivity index (χ2v) is 23.6. The minimum Gasteiger partial charge on any atom is -0.481 e. The Morgan fingerprint density at radius 2 is 1.45 bits per heavy atom. The maximum Gasteiger partial charge on any atom is 0.419 e. The number of carboxylic acids is 1. The van der Waals surface area contributed by atoms with Gasteiger partial charge in [0.1, 0.15) is 31.9 Å². The van der Waals surface area contributed by atoms with Crippen LogP contribution in [0.25, 0.3) is 5.88 Å². The zero-order valence-corrected chi connectivity index (χ0v) is 54.9. The lowest BCUT2D eigenvalue weighted by Crippen LogP contribution is -2.45. The van der Waals surface area contributed by atoms with Gasteiger partial charge < -0.3 is 59.5 Å². The van der Waals surface area contributed by atoms with Gasteiger partial charge >= 0.3 is 18.2 Å². The average Bonchev–Trinajstić information content (AvgIpc) is 1.92. The van der Waals surface area contributed by atoms with E-state index in [-0.39, 0.29) is 90.6 Å². The molecule has 4 rings (SSSR count). The number of aliphatic hydroxyl groups excluding tert-OH is 5. The van der Waals surface area contributed by atoms with Crippen LogP contribution >= 0.6 is 12.6 Å². The molecule has 498 valence electrons. The van der Waals surface area contributed by atoms with E-state index >= 15 is 0 Å². The molecule has 6 unspecified atom stereocenters. The van der Waals surface area contributed by atoms with Crippen LogP contribution in [0.15, 0.2) is 67.9 Å². The molecule has 1 aliphatic rings. The van der Waals surface area contributed by atoms with Crippen molar-refractivity contribution in [3.63, 3.8) is 0 Å². The standard InChI is InChI=1S/C46H75N5O10.C5H13NO2S.C5H10O2.C4H4N2O2.CH4O/c1-30-15-16-38(13-12-14-39(49-58-11)24-35(6)52)33(4)26-46(9,61-37(8)50-20-18-47-28-50)44(55)32(3)23-31(2)40(25-41(30)54)34(5)27-59-22-17-42(57-10)43(36(7)53)60-45(56)51-21-19-48-29-51;1-6(4-8)5(9)2-3-7;1-4(2)3-5(6)7;7-4(8)6-2-1-5-3-6;1-2/h18-21,28-36,38,40,42-43,52-53H,8,12-17,22-27H2,1-7,9-11H3;5,7-9H,2-4H2,1H3;4H,3H2,1-2H3,(H,6,7);1-3H,(H,7,8);2H,1H3/b49-39+;;;;/t30?,31-,32?,33+,34-,35?,36?,38-,40?,42+,43-,46+;;;;/m1..../s1. The zero-order chi connectivity index (χ0) is 66.4. The van der Waals surface area contributed by atoms with Crippen molar-refractivity contribution in [3.05, 3.63) is 62.7 Å². The Bertz CT molecular complexity index is 2360. The molecule has 25 nitrogen and oxygen atoms in total. The molecule has 7 N–H and O–H groups in total. The Morgan fingerprint density at radius 1 is 0.862 bits per heavy atom. The number of carboxylic acid groups (broad SMARTS) is 2. The van der Waals surface area contributed by atoms with Crippen LogP contribution in [0.1, 0.15) is 146 Å². The number of aliphatic hydroxyl groups is 5. The second kappa shape index (κ2) is 44.8. The number of hydrogen-bond donors (Lipinski definition) is 8. The highest BCUT2D eigenvalue weighted by atomic mass is 32.1. The van der Waals surface area contributed by atoms with E-state index in [1.807, 2.05) is 34.6 Å². The Kier molecular flexibility index (Phi) is 41.9. The molecule has 0 radical (unpaired) electrons. The smallest absolute Gasteiger partial charge is 0.419 e. The molecule has 1 aliphatic carbocycles. The fourth-order valence-electron chi connectivity index (χ4n) is 10.2. The van der Waals surface area contributed by atoms with Gasteiger partial charge in [0.15, 0.2) is 23.4 Å². The lowest BCUT2D eigenvalue weighted by atomic mass is 9.70. The lowest BCUT2D eigenvalue weighted by molar-refractivity contribution is -0.142. The van der Waals surface area contributed by atoms with Gasteiger partial charge in [-0.1, -0.05) is 53.6 Å². The van der Waals surface area contributed by atoms with Gasteiger partial charge in [-0.05, 0) is 121 Å². The number of hydrogen-bond acceptors (Lipinski definition) is 21. The van der Waals surface area contributed by atoms with Crippen molar-refractivity contribution in [1.29, 1.82) is 0 Å². The largest absolute Gasteiger partial charge is 0.481 e. The van der Waals surface area contributed by atoms with E-state index in [0.29, 0.717) is 63.9 Å². The van der Waals surface area contributed by atoms with Gasteiger partial charge in [-0.25, -0.2) is 33.7 Å². The summed E-state index contributed by atoms with van der Waals surface area (Å²) in [5, 5.41) is 64.9. The maximum absolute atomic E-state index is 14.7. The van der Waals surface area contributed by atoms with E-state index in [1.165, 1.54) is 56.2 Å². The number of ketones is 2. The first kappa shape index (κ1) is 81.4. The summed E-state index contributed by atoms with van der Waals surface area (Å²) in [6.45, 7) is 24.2. The first-order valence-electron chi connectivity index (χ1n) is 29.7. The van der Waals surface area contributed by atoms with Crippen LogP contribution in [0.3, 0.4) is 0 Å². The number of aliphatic carboxylic acids is 1. The molecule has 1 fully saturated rings. The molecule has 3 heterocycles. The molecule has 0 saturated heterocycles. The quantitative estimate of drug-likeness (QED) is 0.00936. The molecule has 87 heavy (non-hydrogen) atoms. The van der Waals surface area contributed by atoms with E-state index in [2.05, 4.69) is 60.1 Å². The number of oxime groups is 1. The number of rotatable bonds is 26. The molecule has 1 saturated carbocycles. The first-order chi connectivity index (χ1) is 41.0. The van der Waals surface area contributed by atoms with Crippen LogP contribution in [0.5, 0.6) is 0 Å². The van der Waals surface area contributed by atoms with Crippen LogP contribution in [-0.4, -0.2) is 195 Å². The molecule has 0 aliphatic heterocycles. The van der Waals surface area contributed by atoms with E-state index in [9.17, 15) is 34.2 Å². The molecule has 26 heteroatoms. The minimum absolute atomic E-state index is 0.00134. The number of ether oxygens (including phenoxy) is 4. The molecular formula is C61H106N8O17S. The summed E-state index contributed by atoms with van der Waals surface area (Å²) in [5.41, 5.74) is -0.381. The number of methoxy groups -OCH3 is 1. The minimum atomic E-state index is -1.18. The van der Waals surface area contributed by atoms with Crippen LogP contribution < -0.4 is 0 Å². The van der Waals surface area contributed by atoms with Crippen molar-refractivity contribution < 1.29 is 83.5 Å². The van der Waals surface area contributed by atoms with Crippen molar-refractivity contribution >= 4 is 53.9 Å². The highest BCUT2D eigenvalue weighted by molar-refractivity contribution is 7.80. The van der Waals surface area contributed by atoms with Crippen LogP contribution in [0.2, 0.25) is 0 Å². The molecule has 0 bridgehead atoms. The molecule has 0 spiro atoms. The summed E-state index contributed by atoms with van der Waals surface area (Å²) in [4.78, 5) is 79.5. The third kappa shape index (κ3) is 32.5. The number of nitrogens with zero attached hydrogens (tertiary/aromatic N) is 8. The number of carbonyl (C=O) groups is 5. The molecule has 0 aromatic carbocycles. The first-order valence-corrected chi connectivity index (χ1v) is 30.2. The Hall–Kier alpha value is -5.58. The number of thiol groups is 1. The lowest BCUT2D eigenvalue weighted by Gasteiger charge is -2.38. The Balaban J connectivity index is 0.00000233. The summed E-state index contributed by atoms with van der Waals surface area (Å²) in [5.74, 6) is -0.300. The summed E-state index contributed by atoms with van der Waals surface area (Å²) in [6.07, 6.45) is 15.3. The zero-order valence-electron chi connectivity index (χ0n) is 54.0. The van der Waals surface area contributed by atoms with Crippen molar-refractivity contribution in [2.75, 3.05) is 54.9 Å². The summed E-state index contributed by atoms with van der Waals surface area (Å²) in [6, 6.07) is 0. The predicted molar refractivity (Wildman–Crippen MR) is 334 cm³/mol. The highest BCUT2D eigenvalue weighted by Gasteiger charge is 2.43. The Labute approximate surface area is 520 Å². The van der Waals surface area contributed by atoms with Gasteiger partial charge in [-0.3, -0.25) is 23.9 Å². The Morgan fingerprint density at radius 3 is 1.91 bits per heavy atom. The topological polar surface area (TPSA) is 342 Å². The van der Waals surface area contributed by atoms with Crippen molar-refractivity contribution in [2.24, 2.45) is 52.5 Å². The second-order valence-electron chi connectivity index (χ2n) is 23.0. The number of aromatic nitrogens is 6. The van der Waals surface area contributed by atoms with Gasteiger partial charge in [0.25, 0.3) is 0 Å². The normalized spacial score (nSPS) is 22.3. The third-order valence-corrected chi connectivity index (χ3v) is 15.7. The van der Waals surface area contributed by atoms with E-state index in [4.69, 9.17) is 49.3 Å². The monoisotopic (exact) mass is 1250 g/mol. The summed E-state index contributed by atoms with van der Waals surface area (Å²) < 4.78 is 27.9. The van der Waals surface area contributed by atoms with Crippen molar-refractivity contribution in [2.45, 2.75) is 182 Å². The third-order valence-electron chi connectivity index (χ3n) is 15.0. The molecule has 13 atom stereocenters. The fraction of sp³-hybridized carbons (Fsp3) is 0.721. The summed E-state index contributed by atoms with van der Waals surface area (Å²) >= 11 is 4.09. The maximum atomic E-state index is 14.7. The van der Waals surface area contributed by atoms with Crippen molar-refractivity contribution in [3.8, 4) is 0 Å². The summed E-state index contributed by atoms with van der Waals surface area (Å²) in [7, 11) is 5.75. The van der Waals surface area contributed by atoms with E-state index in [0.717, 1.165) is 36.7 Å². The molecule has 0 amide bonds. The van der Waals surface area contributed by atoms with Gasteiger partial charge in [-0.2, -0.15) is 12.6 Å². The number of Topliss-reactive ketones (excluding diaryl/α,β-unsaturated/α-hetero) is 2. The number of imidazole rings is 3. The van der Waals surface area contributed by atoms with Gasteiger partial charge in [0.2, 0.25) is 0 Å². The van der Waals surface area contributed by atoms with Crippen LogP contribution in [0, 0.1) is 47.3 Å². The fourth-order valence-corrected chi connectivity index (χ4v) is 10.4. The predicted octanol–water partition coefficient (Wildman–Crippen LogP) is 8.24. The van der Waals surface area contributed by atoms with Crippen LogP contribution in [0.4, 0.5) is 9.59 Å². The van der Waals surface area contributed by atoms with Gasteiger partial charge in [0.05, 0.1) is 36.1 Å². The van der Waals surface area contributed by atoms with Crippen LogP contribution in [-0.2, 0) is 38.2 Å². The highest BCUT2D eigenvalue weighted by Crippen LogP contribution is 2.40. The average molecular weight is 1260 g/mol. The van der Waals surface area contributed by atoms with Crippen molar-refractivity contribution in [1.82, 2.24) is 33.6 Å². The molecule has 3 aromatic heterocycles. The molecular weight excluding hydrogens is 1150 g/mol. The SMILES string of the molecule is C=C(O[C@@]1(C)C[C@H](C)[C@H](CCC/C(CC(C)O)=N\OC)CCC(C)C(=O)CC([C@H](C)COCC[C@H](OC)[C@H](OC(=O)n2ccnc2)C(C)O)[C@H](C)CC(C)C1=O)n1ccnc1.CC(C)CC(=O)O.CN(CO)C(S)CCO.CO.O=C(O)n1ccnc1. The molecule has 3 aromatic rings. The number of carbonyl (C=O) groups excluding carboxylic acids is 3. The van der Waals surface area contributed by atoms with E-state index in [1.54, 1.807) is 49.1 Å². The van der Waals surface area contributed by atoms with Gasteiger partial charge in [0, 0.05) is 109 Å². The van der Waals surface area contributed by atoms with Gasteiger partial charge in [-0.15, -0.1) is 0 Å². The van der Waals surface area contributed by atoms with E-state index < -0.39 is 48.2 Å².